The van der Waals surface area contributed by atoms with Gasteiger partial charge in [-0.15, -0.1) is 0 Å². The predicted octanol–water partition coefficient (Wildman–Crippen LogP) is 1.21. The number of aromatic nitrogens is 2. The van der Waals surface area contributed by atoms with Crippen LogP contribution < -0.4 is 16.3 Å². The Morgan fingerprint density at radius 3 is 2.45 bits per heavy atom. The van der Waals surface area contributed by atoms with E-state index in [1.165, 1.54) is 7.11 Å². The number of allylic oxidation sites excluding steroid dienone is 4. The molecule has 1 aliphatic rings. The molecule has 0 radical (unpaired) electrons. The van der Waals surface area contributed by atoms with E-state index in [2.05, 4.69) is 16.9 Å². The molecule has 2 rings (SSSR count). The first-order valence-electron chi connectivity index (χ1n) is 12.5. The van der Waals surface area contributed by atoms with Crippen LogP contribution in [-0.4, -0.2) is 69.9 Å². The highest BCUT2D eigenvalue weighted by atomic mass is 32.5. The Hall–Kier alpha value is -2.66. The average molecular weight is 598 g/mol. The van der Waals surface area contributed by atoms with Crippen LogP contribution in [0.15, 0.2) is 58.3 Å². The minimum Gasteiger partial charge on any atom is -0.462 e. The highest BCUT2D eigenvalue weighted by Crippen LogP contribution is 2.47. The number of aliphatic hydroxyl groups excluding tert-OH is 1. The average Bonchev–Trinajstić information content (AvgIpc) is 3.15. The normalized spacial score (nSPS) is 18.6. The summed E-state index contributed by atoms with van der Waals surface area (Å²) in [6.07, 6.45) is 7.75. The minimum atomic E-state index is -3.50. The molecule has 1 aliphatic carbocycles. The molecule has 2 unspecified atom stereocenters. The Balaban J connectivity index is 2.37. The van der Waals surface area contributed by atoms with E-state index in [0.717, 1.165) is 12.3 Å². The number of H-pyrrole nitrogens is 1. The topological polar surface area (TPSA) is 161 Å². The van der Waals surface area contributed by atoms with Crippen LogP contribution in [0.2, 0.25) is 0 Å². The zero-order chi connectivity index (χ0) is 29.9. The summed E-state index contributed by atoms with van der Waals surface area (Å²) in [7, 11) is 1.25. The predicted molar refractivity (Wildman–Crippen MR) is 153 cm³/mol. The van der Waals surface area contributed by atoms with E-state index in [0.29, 0.717) is 11.0 Å². The van der Waals surface area contributed by atoms with Crippen molar-refractivity contribution in [3.63, 3.8) is 0 Å². The van der Waals surface area contributed by atoms with Crippen LogP contribution in [0.5, 0.6) is 0 Å². The third-order valence-corrected chi connectivity index (χ3v) is 7.97. The number of nitrogens with one attached hydrogen (secondary N) is 2. The van der Waals surface area contributed by atoms with Gasteiger partial charge in [-0.25, -0.2) is 9.88 Å². The molecule has 5 atom stereocenters. The molecule has 0 saturated carbocycles. The maximum atomic E-state index is 12.5. The summed E-state index contributed by atoms with van der Waals surface area (Å²) in [6.45, 7) is 2.73. The fraction of sp³-hybridized carbons (Fsp3) is 0.500. The van der Waals surface area contributed by atoms with Crippen molar-refractivity contribution in [1.29, 1.82) is 0 Å². The van der Waals surface area contributed by atoms with Gasteiger partial charge in [0.2, 0.25) is 5.72 Å². The lowest BCUT2D eigenvalue weighted by Crippen LogP contribution is -2.56. The molecule has 0 amide bonds. The summed E-state index contributed by atoms with van der Waals surface area (Å²) >= 11 is 5.72. The van der Waals surface area contributed by atoms with Gasteiger partial charge in [-0.3, -0.25) is 19.1 Å². The minimum absolute atomic E-state index is 0.293. The SMILES string of the molecule is CCC#C[C@@](O)([C@H](O)[C@@H](COP(=S)(NC(C)C(=O)OC(C)C)OC1C=CC=CC=C1)OC)n1ccc(=O)[nH]c1=O. The van der Waals surface area contributed by atoms with Crippen LogP contribution in [-0.2, 0) is 40.8 Å². The summed E-state index contributed by atoms with van der Waals surface area (Å²) in [4.78, 5) is 38.6. The van der Waals surface area contributed by atoms with Crippen molar-refractivity contribution in [2.45, 2.75) is 70.3 Å². The number of carbonyl (C=O) groups is 1. The second kappa shape index (κ2) is 15.4. The monoisotopic (exact) mass is 597 g/mol. The maximum absolute atomic E-state index is 12.5. The zero-order valence-corrected chi connectivity index (χ0v) is 24.7. The summed E-state index contributed by atoms with van der Waals surface area (Å²) in [5.74, 6) is 4.55. The molecule has 0 saturated heterocycles. The van der Waals surface area contributed by atoms with E-state index in [1.807, 2.05) is 4.98 Å². The summed E-state index contributed by atoms with van der Waals surface area (Å²) in [6, 6.07) is 0.0890. The van der Waals surface area contributed by atoms with Crippen LogP contribution in [0.3, 0.4) is 0 Å². The summed E-state index contributed by atoms with van der Waals surface area (Å²) in [5.41, 5.74) is -4.20. The van der Waals surface area contributed by atoms with E-state index in [1.54, 1.807) is 64.2 Å². The number of hydrogen-bond acceptors (Lipinski definition) is 10. The number of ether oxygens (including phenoxy) is 2. The van der Waals surface area contributed by atoms with Crippen molar-refractivity contribution in [3.8, 4) is 11.8 Å². The number of carbonyl (C=O) groups excluding carboxylic acids is 1. The van der Waals surface area contributed by atoms with Gasteiger partial charge < -0.3 is 28.7 Å². The number of rotatable bonds is 13. The molecule has 14 heteroatoms. The van der Waals surface area contributed by atoms with Crippen molar-refractivity contribution < 1.29 is 33.5 Å². The van der Waals surface area contributed by atoms with Crippen molar-refractivity contribution >= 4 is 24.4 Å². The lowest BCUT2D eigenvalue weighted by atomic mass is 10.0. The Labute approximate surface area is 237 Å². The van der Waals surface area contributed by atoms with Gasteiger partial charge in [-0.05, 0) is 38.5 Å². The third-order valence-electron chi connectivity index (χ3n) is 5.37. The molecule has 0 aliphatic heterocycles. The molecule has 1 heterocycles. The number of hydrogen-bond donors (Lipinski definition) is 4. The van der Waals surface area contributed by atoms with E-state index >= 15 is 0 Å². The molecule has 0 aromatic carbocycles. The lowest BCUT2D eigenvalue weighted by molar-refractivity contribution is -0.154. The van der Waals surface area contributed by atoms with Crippen molar-refractivity contribution in [3.05, 3.63) is 69.6 Å². The van der Waals surface area contributed by atoms with E-state index in [9.17, 15) is 24.6 Å². The van der Waals surface area contributed by atoms with Gasteiger partial charge in [0.25, 0.3) is 12.2 Å². The number of aliphatic hydroxyl groups is 2. The fourth-order valence-corrected chi connectivity index (χ4v) is 5.93. The Morgan fingerprint density at radius 2 is 1.90 bits per heavy atom. The van der Waals surface area contributed by atoms with Crippen LogP contribution in [0.1, 0.15) is 34.1 Å². The van der Waals surface area contributed by atoms with Gasteiger partial charge in [0.15, 0.2) is 0 Å². The number of methoxy groups -OCH3 is 1. The summed E-state index contributed by atoms with van der Waals surface area (Å²) < 4.78 is 23.4. The first-order chi connectivity index (χ1) is 18.8. The number of aromatic amines is 1. The standard InChI is InChI=1S/C26H36N3O9PS/c1-6-7-15-26(34,29-16-14-22(30)27-25(29)33)23(31)21(35-5)17-36-39(40,28-19(4)24(32)37-18(2)3)38-20-12-10-8-9-11-13-20/h8-14,16,18-21,23,31,34H,6,17H2,1-5H3,(H,28,40)(H,27,30,33)/t19?,21-,23-,26-,39?/m1/s1. The Kier molecular flexibility index (Phi) is 12.9. The molecule has 0 fully saturated rings. The largest absolute Gasteiger partial charge is 0.462 e. The summed E-state index contributed by atoms with van der Waals surface area (Å²) in [5, 5.41) is 25.5. The van der Waals surface area contributed by atoms with Crippen LogP contribution >= 0.6 is 6.64 Å². The molecule has 0 bridgehead atoms. The van der Waals surface area contributed by atoms with E-state index < -0.39 is 60.5 Å². The first kappa shape index (κ1) is 33.5. The van der Waals surface area contributed by atoms with Gasteiger partial charge in [0.1, 0.15) is 24.4 Å². The number of esters is 1. The third kappa shape index (κ3) is 9.47. The highest BCUT2D eigenvalue weighted by molar-refractivity contribution is 8.09. The molecule has 12 nitrogen and oxygen atoms in total. The van der Waals surface area contributed by atoms with Gasteiger partial charge in [-0.2, -0.15) is 0 Å². The molecule has 40 heavy (non-hydrogen) atoms. The van der Waals surface area contributed by atoms with Crippen molar-refractivity contribution in [2.24, 2.45) is 0 Å². The first-order valence-corrected chi connectivity index (χ1v) is 15.2. The number of nitrogens with zero attached hydrogens (tertiary/aromatic N) is 1. The van der Waals surface area contributed by atoms with Crippen LogP contribution in [0, 0.1) is 11.8 Å². The fourth-order valence-electron chi connectivity index (χ4n) is 3.39. The van der Waals surface area contributed by atoms with E-state index in [-0.39, 0.29) is 6.10 Å². The Morgan fingerprint density at radius 1 is 1.25 bits per heavy atom. The highest BCUT2D eigenvalue weighted by Gasteiger charge is 2.43. The van der Waals surface area contributed by atoms with Gasteiger partial charge >= 0.3 is 11.7 Å². The zero-order valence-electron chi connectivity index (χ0n) is 23.0. The van der Waals surface area contributed by atoms with Crippen molar-refractivity contribution in [2.75, 3.05) is 13.7 Å². The van der Waals surface area contributed by atoms with Gasteiger partial charge in [-0.1, -0.05) is 49.3 Å². The van der Waals surface area contributed by atoms with Crippen LogP contribution in [0.4, 0.5) is 0 Å². The maximum Gasteiger partial charge on any atom is 0.331 e. The molecule has 220 valence electrons. The smallest absolute Gasteiger partial charge is 0.331 e. The molecule has 1 aromatic rings. The quantitative estimate of drug-likeness (QED) is 0.147. The van der Waals surface area contributed by atoms with Crippen molar-refractivity contribution in [1.82, 2.24) is 14.6 Å². The molecular weight excluding hydrogens is 561 g/mol. The van der Waals surface area contributed by atoms with E-state index in [4.69, 9.17) is 30.3 Å². The lowest BCUT2D eigenvalue weighted by Gasteiger charge is -2.35. The second-order valence-electron chi connectivity index (χ2n) is 8.93. The molecular formula is C26H36N3O9PS. The molecule has 0 spiro atoms. The Bertz CT molecular complexity index is 1310. The van der Waals surface area contributed by atoms with Crippen LogP contribution in [0.25, 0.3) is 0 Å². The molecule has 1 aromatic heterocycles. The molecule has 4 N–H and O–H groups in total. The van der Waals surface area contributed by atoms with Gasteiger partial charge in [0, 0.05) is 25.8 Å². The van der Waals surface area contributed by atoms with Gasteiger partial charge in [0.05, 0.1) is 12.7 Å². The second-order valence-corrected chi connectivity index (χ2v) is 12.1.